The lowest BCUT2D eigenvalue weighted by Crippen LogP contribution is -2.29. The van der Waals surface area contributed by atoms with E-state index < -0.39 is 29.3 Å². The van der Waals surface area contributed by atoms with Gasteiger partial charge in [0, 0.05) is 11.1 Å². The largest absolute Gasteiger partial charge is 0.507 e. The van der Waals surface area contributed by atoms with E-state index in [0.29, 0.717) is 27.7 Å². The van der Waals surface area contributed by atoms with E-state index in [9.17, 15) is 19.1 Å². The van der Waals surface area contributed by atoms with Crippen LogP contribution in [0.25, 0.3) is 16.0 Å². The number of benzene rings is 3. The van der Waals surface area contributed by atoms with Crippen LogP contribution in [0.15, 0.2) is 66.2 Å². The number of nitrogens with zero attached hydrogens (tertiary/aromatic N) is 2. The number of carbonyl (C=O) groups is 2. The number of anilines is 1. The van der Waals surface area contributed by atoms with Crippen LogP contribution < -0.4 is 14.4 Å². The lowest BCUT2D eigenvalue weighted by atomic mass is 9.94. The van der Waals surface area contributed by atoms with Crippen LogP contribution in [0.5, 0.6) is 11.5 Å². The van der Waals surface area contributed by atoms with Gasteiger partial charge in [-0.15, -0.1) is 0 Å². The highest BCUT2D eigenvalue weighted by molar-refractivity contribution is 7.22. The molecule has 0 radical (unpaired) electrons. The Bertz CT molecular complexity index is 1560. The molecule has 0 saturated carbocycles. The molecule has 0 spiro atoms. The molecule has 37 heavy (non-hydrogen) atoms. The van der Waals surface area contributed by atoms with Crippen molar-refractivity contribution in [2.45, 2.75) is 19.4 Å². The third-order valence-electron chi connectivity index (χ3n) is 6.35. The van der Waals surface area contributed by atoms with Crippen LogP contribution in [0.2, 0.25) is 0 Å². The Morgan fingerprint density at radius 2 is 1.84 bits per heavy atom. The van der Waals surface area contributed by atoms with E-state index in [0.717, 1.165) is 16.7 Å². The third-order valence-corrected chi connectivity index (χ3v) is 7.36. The average Bonchev–Trinajstić information content (AvgIpc) is 3.45. The number of carbonyl (C=O) groups excluding carboxylic acids is 2. The number of Topliss-reactive ketones (excluding diaryl/α,β-unsaturated/α-hetero) is 1. The van der Waals surface area contributed by atoms with Crippen molar-refractivity contribution in [3.05, 3.63) is 88.7 Å². The second-order valence-electron chi connectivity index (χ2n) is 8.41. The molecule has 2 heterocycles. The number of aliphatic hydroxyl groups excluding tert-OH is 1. The van der Waals surface area contributed by atoms with E-state index in [2.05, 4.69) is 4.98 Å². The first-order valence-corrected chi connectivity index (χ1v) is 12.4. The number of halogens is 1. The number of methoxy groups -OCH3 is 2. The minimum absolute atomic E-state index is 0.156. The van der Waals surface area contributed by atoms with Gasteiger partial charge in [0.1, 0.15) is 17.6 Å². The molecule has 1 aliphatic rings. The molecule has 0 unspecified atom stereocenters. The number of hydrogen-bond donors (Lipinski definition) is 1. The van der Waals surface area contributed by atoms with E-state index in [1.165, 1.54) is 54.7 Å². The molecule has 1 amide bonds. The summed E-state index contributed by atoms with van der Waals surface area (Å²) in [7, 11) is 2.94. The van der Waals surface area contributed by atoms with Crippen molar-refractivity contribution < 1.29 is 28.6 Å². The van der Waals surface area contributed by atoms with E-state index in [1.807, 2.05) is 25.1 Å². The van der Waals surface area contributed by atoms with Crippen LogP contribution in [-0.4, -0.2) is 36.0 Å². The maximum Gasteiger partial charge on any atom is 0.301 e. The number of ether oxygens (including phenoxy) is 2. The first kappa shape index (κ1) is 24.5. The van der Waals surface area contributed by atoms with Gasteiger partial charge >= 0.3 is 5.91 Å². The van der Waals surface area contributed by atoms with Crippen LogP contribution in [-0.2, 0) is 16.0 Å². The number of amides is 1. The lowest BCUT2D eigenvalue weighted by Gasteiger charge is -2.25. The Labute approximate surface area is 216 Å². The normalized spacial score (nSPS) is 17.0. The molecule has 4 aromatic rings. The molecular formula is C28H23FN2O5S. The van der Waals surface area contributed by atoms with Gasteiger partial charge in [-0.05, 0) is 54.4 Å². The number of fused-ring (bicyclic) bond motifs is 1. The van der Waals surface area contributed by atoms with E-state index >= 15 is 0 Å². The maximum absolute atomic E-state index is 13.6. The molecule has 1 fully saturated rings. The summed E-state index contributed by atoms with van der Waals surface area (Å²) in [4.78, 5) is 32.9. The maximum atomic E-state index is 13.6. The van der Waals surface area contributed by atoms with E-state index in [1.54, 1.807) is 18.2 Å². The van der Waals surface area contributed by atoms with Crippen molar-refractivity contribution in [3.8, 4) is 11.5 Å². The minimum Gasteiger partial charge on any atom is -0.507 e. The quantitative estimate of drug-likeness (QED) is 0.202. The molecule has 5 rings (SSSR count). The number of aliphatic hydroxyl groups is 1. The van der Waals surface area contributed by atoms with Gasteiger partial charge in [0.05, 0.1) is 30.0 Å². The lowest BCUT2D eigenvalue weighted by molar-refractivity contribution is -0.132. The zero-order valence-corrected chi connectivity index (χ0v) is 21.1. The van der Waals surface area contributed by atoms with Crippen molar-refractivity contribution >= 4 is 44.1 Å². The zero-order valence-electron chi connectivity index (χ0n) is 20.3. The average molecular weight is 519 g/mol. The first-order chi connectivity index (χ1) is 17.9. The topological polar surface area (TPSA) is 89.0 Å². The molecular weight excluding hydrogens is 495 g/mol. The zero-order chi connectivity index (χ0) is 26.3. The molecule has 1 aliphatic heterocycles. The third kappa shape index (κ3) is 4.11. The van der Waals surface area contributed by atoms with Crippen molar-refractivity contribution in [2.75, 3.05) is 19.1 Å². The van der Waals surface area contributed by atoms with Gasteiger partial charge in [-0.2, -0.15) is 0 Å². The second kappa shape index (κ2) is 9.67. The monoisotopic (exact) mass is 518 g/mol. The summed E-state index contributed by atoms with van der Waals surface area (Å²) < 4.78 is 25.5. The fraction of sp³-hybridized carbons (Fsp3) is 0.179. The summed E-state index contributed by atoms with van der Waals surface area (Å²) >= 11 is 1.28. The van der Waals surface area contributed by atoms with Crippen molar-refractivity contribution in [2.24, 2.45) is 0 Å². The Morgan fingerprint density at radius 3 is 2.51 bits per heavy atom. The molecule has 7 nitrogen and oxygen atoms in total. The number of hydrogen-bond acceptors (Lipinski definition) is 7. The summed E-state index contributed by atoms with van der Waals surface area (Å²) in [5, 5.41) is 11.6. The van der Waals surface area contributed by atoms with Crippen molar-refractivity contribution in [1.82, 2.24) is 4.98 Å². The number of ketones is 1. The van der Waals surface area contributed by atoms with Gasteiger partial charge in [0.2, 0.25) is 0 Å². The van der Waals surface area contributed by atoms with Crippen LogP contribution in [0.4, 0.5) is 9.52 Å². The summed E-state index contributed by atoms with van der Waals surface area (Å²) in [6.07, 6.45) is 0.840. The summed E-state index contributed by atoms with van der Waals surface area (Å²) in [5.74, 6) is -1.95. The molecule has 3 aromatic carbocycles. The number of rotatable bonds is 6. The van der Waals surface area contributed by atoms with Crippen LogP contribution in [0, 0.1) is 5.82 Å². The van der Waals surface area contributed by atoms with Gasteiger partial charge in [0.25, 0.3) is 5.78 Å². The Balaban J connectivity index is 1.77. The summed E-state index contributed by atoms with van der Waals surface area (Å²) in [6.45, 7) is 2.05. The Kier molecular flexibility index (Phi) is 6.39. The highest BCUT2D eigenvalue weighted by atomic mass is 32.1. The van der Waals surface area contributed by atoms with Gasteiger partial charge in [-0.1, -0.05) is 36.5 Å². The highest BCUT2D eigenvalue weighted by Gasteiger charge is 2.49. The minimum atomic E-state index is -1.07. The molecule has 1 N–H and O–H groups in total. The number of aromatic nitrogens is 1. The summed E-state index contributed by atoms with van der Waals surface area (Å²) in [5.41, 5.74) is 2.28. The van der Waals surface area contributed by atoms with Gasteiger partial charge < -0.3 is 14.6 Å². The fourth-order valence-corrected chi connectivity index (χ4v) is 5.55. The van der Waals surface area contributed by atoms with Crippen molar-refractivity contribution in [1.29, 1.82) is 0 Å². The predicted octanol–water partition coefficient (Wildman–Crippen LogP) is 5.64. The Hall–Kier alpha value is -4.24. The van der Waals surface area contributed by atoms with Gasteiger partial charge in [0.15, 0.2) is 16.6 Å². The molecule has 1 aromatic heterocycles. The number of thiazole rings is 1. The number of aryl methyl sites for hydroxylation is 1. The molecule has 188 valence electrons. The standard InChI is InChI=1S/C28H23FN2O5S/c1-4-15-8-13-19-21(14-15)37-28(30-19)31-23(18-6-5-7-20(35-2)26(18)36-3)22(25(33)27(31)34)24(32)16-9-11-17(29)12-10-16/h5-14,23,32H,4H2,1-3H3/t23-/m1/s1. The van der Waals surface area contributed by atoms with E-state index in [4.69, 9.17) is 9.47 Å². The predicted molar refractivity (Wildman–Crippen MR) is 140 cm³/mol. The van der Waals surface area contributed by atoms with Crippen LogP contribution in [0.1, 0.15) is 29.7 Å². The molecule has 0 aliphatic carbocycles. The fourth-order valence-electron chi connectivity index (χ4n) is 4.49. The van der Waals surface area contributed by atoms with Gasteiger partial charge in [-0.3, -0.25) is 14.5 Å². The first-order valence-electron chi connectivity index (χ1n) is 11.5. The second-order valence-corrected chi connectivity index (χ2v) is 9.42. The van der Waals surface area contributed by atoms with Gasteiger partial charge in [-0.25, -0.2) is 9.37 Å². The molecule has 9 heteroatoms. The Morgan fingerprint density at radius 1 is 1.08 bits per heavy atom. The van der Waals surface area contributed by atoms with Crippen LogP contribution >= 0.6 is 11.3 Å². The highest BCUT2D eigenvalue weighted by Crippen LogP contribution is 2.48. The van der Waals surface area contributed by atoms with Crippen molar-refractivity contribution in [3.63, 3.8) is 0 Å². The van der Waals surface area contributed by atoms with E-state index in [-0.39, 0.29) is 11.1 Å². The smallest absolute Gasteiger partial charge is 0.301 e. The summed E-state index contributed by atoms with van der Waals surface area (Å²) in [6, 6.07) is 14.9. The SMILES string of the molecule is CCc1ccc2nc(N3C(=O)C(=O)C(=C(O)c4ccc(F)cc4)[C@H]3c3cccc(OC)c3OC)sc2c1. The van der Waals surface area contributed by atoms with Crippen LogP contribution in [0.3, 0.4) is 0 Å². The number of para-hydroxylation sites is 1. The molecule has 1 atom stereocenters. The molecule has 1 saturated heterocycles. The molecule has 0 bridgehead atoms.